The number of rotatable bonds is 4. The van der Waals surface area contributed by atoms with Crippen LogP contribution in [0.5, 0.6) is 0 Å². The lowest BCUT2D eigenvalue weighted by Crippen LogP contribution is -3.13. The number of fused-ring (bicyclic) bond motifs is 4. The maximum atomic E-state index is 13.2. The molecular weight excluding hydrogens is 393 g/mol. The van der Waals surface area contributed by atoms with Gasteiger partial charge in [0.25, 0.3) is 11.5 Å². The average molecular weight is 418 g/mol. The van der Waals surface area contributed by atoms with Gasteiger partial charge in [-0.25, -0.2) is 4.39 Å². The molecule has 1 fully saturated rings. The first-order valence-electron chi connectivity index (χ1n) is 10.7. The Balaban J connectivity index is 1.34. The zero-order chi connectivity index (χ0) is 21.4. The minimum Gasteiger partial charge on any atom is -0.330 e. The van der Waals surface area contributed by atoms with Crippen molar-refractivity contribution in [2.24, 2.45) is 5.92 Å². The summed E-state index contributed by atoms with van der Waals surface area (Å²) in [5.74, 6) is 0.246. The summed E-state index contributed by atoms with van der Waals surface area (Å²) >= 11 is 0. The van der Waals surface area contributed by atoms with Crippen molar-refractivity contribution in [1.82, 2.24) is 4.57 Å². The third kappa shape index (κ3) is 4.03. The van der Waals surface area contributed by atoms with Gasteiger partial charge in [-0.2, -0.15) is 0 Å². The maximum absolute atomic E-state index is 13.2. The van der Waals surface area contributed by atoms with Crippen LogP contribution in [0.1, 0.15) is 34.0 Å². The first kappa shape index (κ1) is 19.7. The monoisotopic (exact) mass is 418 g/mol. The van der Waals surface area contributed by atoms with Crippen LogP contribution in [-0.4, -0.2) is 23.6 Å². The van der Waals surface area contributed by atoms with E-state index in [-0.39, 0.29) is 17.3 Å². The van der Waals surface area contributed by atoms with E-state index in [0.717, 1.165) is 37.3 Å². The van der Waals surface area contributed by atoms with Gasteiger partial charge >= 0.3 is 0 Å². The molecule has 3 atom stereocenters. The quantitative estimate of drug-likeness (QED) is 0.684. The molecule has 0 aliphatic carbocycles. The van der Waals surface area contributed by atoms with E-state index in [1.54, 1.807) is 30.3 Å². The molecule has 2 aromatic carbocycles. The molecule has 1 aromatic heterocycles. The van der Waals surface area contributed by atoms with Crippen LogP contribution in [-0.2, 0) is 13.1 Å². The van der Waals surface area contributed by atoms with Gasteiger partial charge in [-0.1, -0.05) is 30.3 Å². The third-order valence-electron chi connectivity index (χ3n) is 6.45. The number of anilines is 1. The minimum atomic E-state index is -0.274. The minimum absolute atomic E-state index is 0.126. The van der Waals surface area contributed by atoms with E-state index in [1.807, 2.05) is 28.8 Å². The number of carbonyl (C=O) groups is 1. The highest BCUT2D eigenvalue weighted by Gasteiger charge is 2.37. The summed E-state index contributed by atoms with van der Waals surface area (Å²) in [6.07, 6.45) is 1.09. The predicted molar refractivity (Wildman–Crippen MR) is 117 cm³/mol. The zero-order valence-corrected chi connectivity index (χ0v) is 17.2. The molecule has 158 valence electrons. The van der Waals surface area contributed by atoms with E-state index < -0.39 is 0 Å². The van der Waals surface area contributed by atoms with Crippen molar-refractivity contribution in [3.8, 4) is 0 Å². The Kier molecular flexibility index (Phi) is 5.16. The molecule has 31 heavy (non-hydrogen) atoms. The number of amides is 1. The Bertz CT molecular complexity index is 1160. The predicted octanol–water partition coefficient (Wildman–Crippen LogP) is 2.44. The largest absolute Gasteiger partial charge is 0.330 e. The highest BCUT2D eigenvalue weighted by atomic mass is 19.1. The van der Waals surface area contributed by atoms with Gasteiger partial charge in [0.15, 0.2) is 0 Å². The number of nitrogens with zero attached hydrogens (tertiary/aromatic N) is 1. The van der Waals surface area contributed by atoms with Crippen molar-refractivity contribution >= 4 is 11.6 Å². The molecule has 3 aromatic rings. The molecule has 5 nitrogen and oxygen atoms in total. The van der Waals surface area contributed by atoms with Crippen LogP contribution in [0.2, 0.25) is 0 Å². The SMILES string of the molecule is O=C(Nc1ccc2n(c1=O)C[C@H]1C[C@@H]2C[NH+](Cc2ccc(F)cc2)C1)c1ccccc1. The Labute approximate surface area is 180 Å². The lowest BCUT2D eigenvalue weighted by molar-refractivity contribution is -0.924. The molecule has 1 amide bonds. The molecule has 2 aliphatic rings. The Morgan fingerprint density at radius 2 is 1.81 bits per heavy atom. The fourth-order valence-electron chi connectivity index (χ4n) is 5.08. The van der Waals surface area contributed by atoms with Crippen molar-refractivity contribution in [2.45, 2.75) is 25.4 Å². The van der Waals surface area contributed by atoms with Crippen LogP contribution in [0, 0.1) is 11.7 Å². The standard InChI is InChI=1S/C25H24FN3O2/c26-21-8-6-17(7-9-21)13-28-14-18-12-20(16-28)23-11-10-22(25(31)29(23)15-18)27-24(30)19-4-2-1-3-5-19/h1-11,18,20H,12-16H2,(H,27,30)/p+1/t18-,20+/m0/s1. The van der Waals surface area contributed by atoms with Gasteiger partial charge in [0.05, 0.1) is 13.1 Å². The number of piperidine rings is 1. The van der Waals surface area contributed by atoms with Crippen molar-refractivity contribution < 1.29 is 14.1 Å². The third-order valence-corrected chi connectivity index (χ3v) is 6.45. The molecular formula is C25H25FN3O2+. The van der Waals surface area contributed by atoms with Crippen LogP contribution in [0.25, 0.3) is 0 Å². The van der Waals surface area contributed by atoms with Crippen LogP contribution < -0.4 is 15.8 Å². The molecule has 0 saturated carbocycles. The van der Waals surface area contributed by atoms with Crippen molar-refractivity contribution in [3.63, 3.8) is 0 Å². The molecule has 2 bridgehead atoms. The summed E-state index contributed by atoms with van der Waals surface area (Å²) < 4.78 is 15.1. The van der Waals surface area contributed by atoms with Crippen LogP contribution >= 0.6 is 0 Å². The van der Waals surface area contributed by atoms with E-state index in [9.17, 15) is 14.0 Å². The van der Waals surface area contributed by atoms with Crippen molar-refractivity contribution in [1.29, 1.82) is 0 Å². The summed E-state index contributed by atoms with van der Waals surface area (Å²) in [6, 6.07) is 19.4. The molecule has 2 aliphatic heterocycles. The van der Waals surface area contributed by atoms with Crippen LogP contribution in [0.4, 0.5) is 10.1 Å². The summed E-state index contributed by atoms with van der Waals surface area (Å²) in [5, 5.41) is 2.78. The van der Waals surface area contributed by atoms with Gasteiger partial charge in [0.1, 0.15) is 18.0 Å². The van der Waals surface area contributed by atoms with E-state index in [0.29, 0.717) is 29.6 Å². The zero-order valence-electron chi connectivity index (χ0n) is 17.2. The number of aromatic nitrogens is 1. The molecule has 2 N–H and O–H groups in total. The first-order chi connectivity index (χ1) is 15.1. The summed E-state index contributed by atoms with van der Waals surface area (Å²) in [4.78, 5) is 27.1. The number of carbonyl (C=O) groups excluding carboxylic acids is 1. The maximum Gasteiger partial charge on any atom is 0.274 e. The van der Waals surface area contributed by atoms with Gasteiger partial charge in [-0.3, -0.25) is 9.59 Å². The number of nitrogens with one attached hydrogen (secondary N) is 2. The summed E-state index contributed by atoms with van der Waals surface area (Å²) in [7, 11) is 0. The van der Waals surface area contributed by atoms with Gasteiger partial charge in [-0.05, 0) is 42.8 Å². The van der Waals surface area contributed by atoms with Gasteiger partial charge in [0, 0.05) is 35.2 Å². The first-order valence-corrected chi connectivity index (χ1v) is 10.7. The fourth-order valence-corrected chi connectivity index (χ4v) is 5.08. The number of quaternary nitrogens is 1. The lowest BCUT2D eigenvalue weighted by atomic mass is 9.83. The average Bonchev–Trinajstić information content (AvgIpc) is 2.78. The molecule has 6 heteroatoms. The molecule has 0 spiro atoms. The molecule has 1 unspecified atom stereocenters. The number of hydrogen-bond acceptors (Lipinski definition) is 2. The van der Waals surface area contributed by atoms with Crippen molar-refractivity contribution in [2.75, 3.05) is 18.4 Å². The molecule has 0 radical (unpaired) electrons. The second-order valence-electron chi connectivity index (χ2n) is 8.67. The van der Waals surface area contributed by atoms with Gasteiger partial charge < -0.3 is 14.8 Å². The van der Waals surface area contributed by atoms with E-state index in [1.165, 1.54) is 17.0 Å². The van der Waals surface area contributed by atoms with Gasteiger partial charge in [-0.15, -0.1) is 0 Å². The van der Waals surface area contributed by atoms with E-state index >= 15 is 0 Å². The second kappa shape index (κ2) is 8.12. The Morgan fingerprint density at radius 1 is 1.03 bits per heavy atom. The summed E-state index contributed by atoms with van der Waals surface area (Å²) in [6.45, 7) is 3.47. The van der Waals surface area contributed by atoms with Crippen LogP contribution in [0.15, 0.2) is 71.5 Å². The van der Waals surface area contributed by atoms with E-state index in [2.05, 4.69) is 5.32 Å². The Hall–Kier alpha value is -3.25. The second-order valence-corrected chi connectivity index (χ2v) is 8.67. The number of likely N-dealkylation sites (tertiary alicyclic amines) is 1. The molecule has 5 rings (SSSR count). The highest BCUT2D eigenvalue weighted by Crippen LogP contribution is 2.31. The number of pyridine rings is 1. The normalized spacial score (nSPS) is 21.9. The lowest BCUT2D eigenvalue weighted by Gasteiger charge is -2.40. The summed E-state index contributed by atoms with van der Waals surface area (Å²) in [5.41, 5.74) is 2.91. The topological polar surface area (TPSA) is 55.5 Å². The Morgan fingerprint density at radius 3 is 2.58 bits per heavy atom. The number of halogens is 1. The molecule has 3 heterocycles. The fraction of sp³-hybridized carbons (Fsp3) is 0.280. The number of benzene rings is 2. The van der Waals surface area contributed by atoms with Gasteiger partial charge in [0.2, 0.25) is 0 Å². The van der Waals surface area contributed by atoms with E-state index in [4.69, 9.17) is 0 Å². The van der Waals surface area contributed by atoms with Crippen LogP contribution in [0.3, 0.4) is 0 Å². The highest BCUT2D eigenvalue weighted by molar-refractivity contribution is 6.04. The molecule has 1 saturated heterocycles. The van der Waals surface area contributed by atoms with Crippen molar-refractivity contribution in [3.05, 3.63) is 99.7 Å². The smallest absolute Gasteiger partial charge is 0.274 e. The number of hydrogen-bond donors (Lipinski definition) is 2.